The van der Waals surface area contributed by atoms with E-state index in [1.165, 1.54) is 24.1 Å². The largest absolute Gasteiger partial charge is 0.328 e. The maximum Gasteiger partial charge on any atom is 0.0956 e. The molecule has 0 amide bonds. The van der Waals surface area contributed by atoms with Crippen molar-refractivity contribution in [3.8, 4) is 11.3 Å². The molecular weight excluding hydrogens is 302 g/mol. The van der Waals surface area contributed by atoms with Gasteiger partial charge in [0, 0.05) is 11.0 Å². The van der Waals surface area contributed by atoms with Crippen molar-refractivity contribution in [3.05, 3.63) is 41.3 Å². The number of rotatable bonds is 3. The molecule has 0 bridgehead atoms. The molecule has 1 aromatic carbocycles. The Kier molecular flexibility index (Phi) is 3.46. The Morgan fingerprint density at radius 1 is 1.21 bits per heavy atom. The highest BCUT2D eigenvalue weighted by Crippen LogP contribution is 2.38. The van der Waals surface area contributed by atoms with E-state index in [2.05, 4.69) is 49.7 Å². The van der Waals surface area contributed by atoms with Crippen molar-refractivity contribution < 1.29 is 0 Å². The Morgan fingerprint density at radius 3 is 2.53 bits per heavy atom. The number of nitrogens with two attached hydrogens (primary N) is 1. The van der Waals surface area contributed by atoms with Crippen LogP contribution in [0.2, 0.25) is 0 Å². The molecule has 0 radical (unpaired) electrons. The van der Waals surface area contributed by atoms with Gasteiger partial charge in [-0.25, -0.2) is 4.98 Å². The van der Waals surface area contributed by atoms with Crippen LogP contribution in [0.4, 0.5) is 0 Å². The molecule has 1 aromatic heterocycles. The molecule has 0 atom stereocenters. The molecule has 1 aliphatic carbocycles. The molecule has 100 valence electrons. The first-order valence-electron chi connectivity index (χ1n) is 6.74. The van der Waals surface area contributed by atoms with Crippen LogP contribution in [0.1, 0.15) is 25.7 Å². The highest BCUT2D eigenvalue weighted by atomic mass is 79.9. The van der Waals surface area contributed by atoms with Gasteiger partial charge in [0.2, 0.25) is 0 Å². The molecule has 1 fully saturated rings. The summed E-state index contributed by atoms with van der Waals surface area (Å²) in [7, 11) is 0. The van der Waals surface area contributed by atoms with Crippen LogP contribution in [-0.4, -0.2) is 16.1 Å². The van der Waals surface area contributed by atoms with Gasteiger partial charge >= 0.3 is 0 Å². The summed E-state index contributed by atoms with van der Waals surface area (Å²) in [6.07, 6.45) is 8.71. The molecule has 2 N–H and O–H groups in total. The quantitative estimate of drug-likeness (QED) is 0.940. The molecule has 0 saturated heterocycles. The van der Waals surface area contributed by atoms with Gasteiger partial charge in [-0.1, -0.05) is 40.9 Å². The van der Waals surface area contributed by atoms with E-state index in [-0.39, 0.29) is 5.54 Å². The van der Waals surface area contributed by atoms with Gasteiger partial charge in [-0.3, -0.25) is 0 Å². The van der Waals surface area contributed by atoms with E-state index in [9.17, 15) is 0 Å². The number of benzene rings is 1. The van der Waals surface area contributed by atoms with Crippen LogP contribution in [0.15, 0.2) is 41.3 Å². The SMILES string of the molecule is NCC1(n2cncc2-c2ccc(Br)cc2)CCCC1. The molecule has 0 spiro atoms. The van der Waals surface area contributed by atoms with E-state index >= 15 is 0 Å². The number of nitrogens with zero attached hydrogens (tertiary/aromatic N) is 2. The lowest BCUT2D eigenvalue weighted by atomic mass is 9.96. The second-order valence-electron chi connectivity index (χ2n) is 5.29. The van der Waals surface area contributed by atoms with E-state index in [0.29, 0.717) is 6.54 Å². The zero-order valence-electron chi connectivity index (χ0n) is 10.8. The lowest BCUT2D eigenvalue weighted by Gasteiger charge is -2.31. The Bertz CT molecular complexity index is 553. The van der Waals surface area contributed by atoms with E-state index < -0.39 is 0 Å². The number of aromatic nitrogens is 2. The van der Waals surface area contributed by atoms with Gasteiger partial charge in [0.1, 0.15) is 0 Å². The normalized spacial score (nSPS) is 17.8. The predicted molar refractivity (Wildman–Crippen MR) is 80.9 cm³/mol. The van der Waals surface area contributed by atoms with Crippen molar-refractivity contribution in [3.63, 3.8) is 0 Å². The third-order valence-corrected chi connectivity index (χ3v) is 4.73. The average molecular weight is 320 g/mol. The summed E-state index contributed by atoms with van der Waals surface area (Å²) in [6, 6.07) is 8.38. The highest BCUT2D eigenvalue weighted by Gasteiger charge is 2.35. The maximum absolute atomic E-state index is 6.07. The number of hydrogen-bond donors (Lipinski definition) is 1. The standard InChI is InChI=1S/C15H18BrN3/c16-13-5-3-12(4-6-13)14-9-18-11-19(14)15(10-17)7-1-2-8-15/h3-6,9,11H,1-2,7-8,10,17H2. The first kappa shape index (κ1) is 12.9. The summed E-state index contributed by atoms with van der Waals surface area (Å²) < 4.78 is 3.39. The molecule has 3 rings (SSSR count). The van der Waals surface area contributed by atoms with Gasteiger partial charge in [-0.2, -0.15) is 0 Å². The first-order valence-corrected chi connectivity index (χ1v) is 7.53. The van der Waals surface area contributed by atoms with Gasteiger partial charge in [-0.15, -0.1) is 0 Å². The second kappa shape index (κ2) is 5.10. The van der Waals surface area contributed by atoms with Gasteiger partial charge in [0.05, 0.1) is 23.8 Å². The van der Waals surface area contributed by atoms with Crippen molar-refractivity contribution in [2.45, 2.75) is 31.2 Å². The fraction of sp³-hybridized carbons (Fsp3) is 0.400. The number of imidazole rings is 1. The van der Waals surface area contributed by atoms with Crippen molar-refractivity contribution in [2.75, 3.05) is 6.54 Å². The molecule has 1 saturated carbocycles. The average Bonchev–Trinajstić information content (AvgIpc) is 3.09. The smallest absolute Gasteiger partial charge is 0.0956 e. The third-order valence-electron chi connectivity index (χ3n) is 4.20. The Labute approximate surface area is 122 Å². The first-order chi connectivity index (χ1) is 9.25. The summed E-state index contributed by atoms with van der Waals surface area (Å²) in [6.45, 7) is 0.687. The minimum Gasteiger partial charge on any atom is -0.328 e. The van der Waals surface area contributed by atoms with Crippen molar-refractivity contribution in [1.82, 2.24) is 9.55 Å². The van der Waals surface area contributed by atoms with E-state index in [1.807, 2.05) is 12.5 Å². The van der Waals surface area contributed by atoms with Gasteiger partial charge in [0.25, 0.3) is 0 Å². The third kappa shape index (κ3) is 2.23. The molecule has 1 aliphatic rings. The van der Waals surface area contributed by atoms with Crippen LogP contribution in [0.5, 0.6) is 0 Å². The molecule has 19 heavy (non-hydrogen) atoms. The van der Waals surface area contributed by atoms with E-state index in [1.54, 1.807) is 0 Å². The van der Waals surface area contributed by atoms with Gasteiger partial charge in [-0.05, 0) is 30.5 Å². The summed E-state index contributed by atoms with van der Waals surface area (Å²) >= 11 is 3.48. The monoisotopic (exact) mass is 319 g/mol. The Balaban J connectivity index is 2.05. The molecule has 0 unspecified atom stereocenters. The lowest BCUT2D eigenvalue weighted by Crippen LogP contribution is -2.38. The fourth-order valence-electron chi connectivity index (χ4n) is 3.08. The summed E-state index contributed by atoms with van der Waals surface area (Å²) in [5.74, 6) is 0. The molecular formula is C15H18BrN3. The Morgan fingerprint density at radius 2 is 1.89 bits per heavy atom. The van der Waals surface area contributed by atoms with Crippen LogP contribution in [0, 0.1) is 0 Å². The molecule has 0 aliphatic heterocycles. The molecule has 2 aromatic rings. The Hall–Kier alpha value is -1.13. The lowest BCUT2D eigenvalue weighted by molar-refractivity contribution is 0.307. The van der Waals surface area contributed by atoms with Crippen molar-refractivity contribution in [1.29, 1.82) is 0 Å². The van der Waals surface area contributed by atoms with E-state index in [4.69, 9.17) is 5.73 Å². The summed E-state index contributed by atoms with van der Waals surface area (Å²) in [5.41, 5.74) is 8.50. The maximum atomic E-state index is 6.07. The predicted octanol–water partition coefficient (Wildman–Crippen LogP) is 3.54. The van der Waals surface area contributed by atoms with E-state index in [0.717, 1.165) is 17.3 Å². The number of hydrogen-bond acceptors (Lipinski definition) is 2. The van der Waals surface area contributed by atoms with Crippen LogP contribution >= 0.6 is 15.9 Å². The van der Waals surface area contributed by atoms with Crippen LogP contribution in [0.25, 0.3) is 11.3 Å². The zero-order valence-corrected chi connectivity index (χ0v) is 12.4. The van der Waals surface area contributed by atoms with Crippen LogP contribution < -0.4 is 5.73 Å². The minimum atomic E-state index is 0.0684. The van der Waals surface area contributed by atoms with Gasteiger partial charge in [0.15, 0.2) is 0 Å². The number of halogens is 1. The van der Waals surface area contributed by atoms with Crippen molar-refractivity contribution in [2.24, 2.45) is 5.73 Å². The van der Waals surface area contributed by atoms with Crippen molar-refractivity contribution >= 4 is 15.9 Å². The zero-order chi connectivity index (χ0) is 13.3. The fourth-order valence-corrected chi connectivity index (χ4v) is 3.35. The summed E-state index contributed by atoms with van der Waals surface area (Å²) in [5, 5.41) is 0. The highest BCUT2D eigenvalue weighted by molar-refractivity contribution is 9.10. The molecule has 4 heteroatoms. The summed E-state index contributed by atoms with van der Waals surface area (Å²) in [4.78, 5) is 4.35. The second-order valence-corrected chi connectivity index (χ2v) is 6.21. The van der Waals surface area contributed by atoms with Crippen LogP contribution in [-0.2, 0) is 5.54 Å². The van der Waals surface area contributed by atoms with Crippen LogP contribution in [0.3, 0.4) is 0 Å². The van der Waals surface area contributed by atoms with Gasteiger partial charge < -0.3 is 10.3 Å². The molecule has 1 heterocycles. The minimum absolute atomic E-state index is 0.0684. The molecule has 3 nitrogen and oxygen atoms in total. The topological polar surface area (TPSA) is 43.8 Å².